The molecule has 0 aliphatic heterocycles. The van der Waals surface area contributed by atoms with Crippen molar-refractivity contribution < 1.29 is 13.6 Å². The third kappa shape index (κ3) is 4.86. The van der Waals surface area contributed by atoms with Crippen molar-refractivity contribution >= 4 is 29.6 Å². The number of hydrogen-bond acceptors (Lipinski definition) is 7. The zero-order valence-electron chi connectivity index (χ0n) is 17.3. The van der Waals surface area contributed by atoms with Gasteiger partial charge in [-0.1, -0.05) is 30.3 Å². The van der Waals surface area contributed by atoms with Gasteiger partial charge in [0.2, 0.25) is 11.0 Å². The Bertz CT molecular complexity index is 1170. The standard InChI is InChI=1S/C22H21ClN4O3S/c1-4-31-22-26-25-21(19-6-5-9-28-19)27(22)24-12-16-7-8-17(30-16)13-29-18-10-14(2)20(23)15(3)11-18/h5-12H,4,13H2,1-3H3. The summed E-state index contributed by atoms with van der Waals surface area (Å²) >= 11 is 7.76. The molecule has 0 radical (unpaired) electrons. The van der Waals surface area contributed by atoms with E-state index in [1.54, 1.807) is 35.0 Å². The van der Waals surface area contributed by atoms with Gasteiger partial charge in [0.1, 0.15) is 23.9 Å². The Morgan fingerprint density at radius 3 is 2.71 bits per heavy atom. The SMILES string of the molecule is CCSc1nnc(-c2ccco2)n1N=Cc1ccc(COc2cc(C)c(Cl)c(C)c2)o1. The van der Waals surface area contributed by atoms with Gasteiger partial charge in [-0.25, -0.2) is 0 Å². The molecule has 7 nitrogen and oxygen atoms in total. The molecule has 3 aromatic heterocycles. The lowest BCUT2D eigenvalue weighted by Crippen LogP contribution is -1.96. The fourth-order valence-electron chi connectivity index (χ4n) is 2.95. The Morgan fingerprint density at radius 2 is 2.00 bits per heavy atom. The Morgan fingerprint density at radius 1 is 1.19 bits per heavy atom. The van der Waals surface area contributed by atoms with Crippen molar-refractivity contribution in [2.24, 2.45) is 5.10 Å². The quantitative estimate of drug-likeness (QED) is 0.240. The first-order valence-electron chi connectivity index (χ1n) is 9.70. The van der Waals surface area contributed by atoms with Crippen LogP contribution in [0.2, 0.25) is 5.02 Å². The fraction of sp³-hybridized carbons (Fsp3) is 0.227. The number of nitrogens with zero attached hydrogens (tertiary/aromatic N) is 4. The highest BCUT2D eigenvalue weighted by Gasteiger charge is 2.15. The van der Waals surface area contributed by atoms with E-state index in [1.165, 1.54) is 0 Å². The molecule has 0 aliphatic rings. The van der Waals surface area contributed by atoms with Crippen molar-refractivity contribution in [3.05, 3.63) is 70.3 Å². The highest BCUT2D eigenvalue weighted by atomic mass is 35.5. The molecule has 0 fully saturated rings. The molecule has 1 aromatic carbocycles. The molecule has 0 aliphatic carbocycles. The molecule has 0 unspecified atom stereocenters. The molecule has 4 aromatic rings. The number of halogens is 1. The second-order valence-electron chi connectivity index (χ2n) is 6.74. The lowest BCUT2D eigenvalue weighted by atomic mass is 10.1. The first-order chi connectivity index (χ1) is 15.0. The maximum Gasteiger partial charge on any atom is 0.221 e. The van der Waals surface area contributed by atoms with Crippen molar-refractivity contribution in [3.63, 3.8) is 0 Å². The molecular formula is C22H21ClN4O3S. The van der Waals surface area contributed by atoms with Gasteiger partial charge in [-0.3, -0.25) is 0 Å². The van der Waals surface area contributed by atoms with Gasteiger partial charge in [0.25, 0.3) is 0 Å². The van der Waals surface area contributed by atoms with E-state index in [1.807, 2.05) is 51.1 Å². The highest BCUT2D eigenvalue weighted by molar-refractivity contribution is 7.99. The van der Waals surface area contributed by atoms with Crippen LogP contribution in [0.1, 0.15) is 29.6 Å². The summed E-state index contributed by atoms with van der Waals surface area (Å²) in [6, 6.07) is 11.1. The number of aryl methyl sites for hydroxylation is 2. The van der Waals surface area contributed by atoms with Crippen molar-refractivity contribution in [3.8, 4) is 17.3 Å². The Labute approximate surface area is 189 Å². The Hall–Kier alpha value is -2.97. The lowest BCUT2D eigenvalue weighted by Gasteiger charge is -2.08. The van der Waals surface area contributed by atoms with E-state index >= 15 is 0 Å². The Kier molecular flexibility index (Phi) is 6.48. The van der Waals surface area contributed by atoms with Crippen LogP contribution in [-0.4, -0.2) is 26.8 Å². The maximum absolute atomic E-state index is 6.21. The van der Waals surface area contributed by atoms with Gasteiger partial charge in [0.05, 0.1) is 12.5 Å². The molecule has 4 rings (SSSR count). The number of rotatable bonds is 8. The van der Waals surface area contributed by atoms with Crippen LogP contribution in [0.4, 0.5) is 0 Å². The first-order valence-corrected chi connectivity index (χ1v) is 11.1. The summed E-state index contributed by atoms with van der Waals surface area (Å²) in [6.45, 7) is 6.26. The number of benzene rings is 1. The summed E-state index contributed by atoms with van der Waals surface area (Å²) in [4.78, 5) is 0. The van der Waals surface area contributed by atoms with Crippen LogP contribution >= 0.6 is 23.4 Å². The average molecular weight is 457 g/mol. The zero-order chi connectivity index (χ0) is 21.8. The maximum atomic E-state index is 6.21. The largest absolute Gasteiger partial charge is 0.486 e. The topological polar surface area (TPSA) is 78.6 Å². The van der Waals surface area contributed by atoms with Crippen LogP contribution in [0.15, 0.2) is 61.8 Å². The highest BCUT2D eigenvalue weighted by Crippen LogP contribution is 2.27. The molecule has 0 saturated carbocycles. The second kappa shape index (κ2) is 9.45. The molecule has 0 spiro atoms. The molecule has 0 N–H and O–H groups in total. The summed E-state index contributed by atoms with van der Waals surface area (Å²) in [5.74, 6) is 3.99. The van der Waals surface area contributed by atoms with E-state index in [2.05, 4.69) is 15.3 Å². The normalized spacial score (nSPS) is 11.5. The number of ether oxygens (including phenoxy) is 1. The summed E-state index contributed by atoms with van der Waals surface area (Å²) in [6.07, 6.45) is 3.21. The number of thioether (sulfide) groups is 1. The smallest absolute Gasteiger partial charge is 0.221 e. The predicted molar refractivity (Wildman–Crippen MR) is 121 cm³/mol. The van der Waals surface area contributed by atoms with E-state index in [4.69, 9.17) is 25.2 Å². The van der Waals surface area contributed by atoms with Gasteiger partial charge in [0, 0.05) is 5.02 Å². The molecule has 0 saturated heterocycles. The summed E-state index contributed by atoms with van der Waals surface area (Å²) in [5, 5.41) is 14.4. The second-order valence-corrected chi connectivity index (χ2v) is 8.35. The van der Waals surface area contributed by atoms with Crippen LogP contribution in [0.5, 0.6) is 5.75 Å². The van der Waals surface area contributed by atoms with E-state index in [9.17, 15) is 0 Å². The third-order valence-electron chi connectivity index (χ3n) is 4.40. The van der Waals surface area contributed by atoms with Gasteiger partial charge in [-0.15, -0.1) is 10.2 Å². The van der Waals surface area contributed by atoms with E-state index in [-0.39, 0.29) is 0 Å². The van der Waals surface area contributed by atoms with Crippen LogP contribution in [-0.2, 0) is 6.61 Å². The monoisotopic (exact) mass is 456 g/mol. The minimum Gasteiger partial charge on any atom is -0.486 e. The summed E-state index contributed by atoms with van der Waals surface area (Å²) in [7, 11) is 0. The van der Waals surface area contributed by atoms with Crippen LogP contribution < -0.4 is 4.74 Å². The number of aromatic nitrogens is 3. The summed E-state index contributed by atoms with van der Waals surface area (Å²) < 4.78 is 18.8. The molecule has 0 amide bonds. The zero-order valence-corrected chi connectivity index (χ0v) is 18.9. The van der Waals surface area contributed by atoms with Gasteiger partial charge >= 0.3 is 0 Å². The van der Waals surface area contributed by atoms with Gasteiger partial charge in [0.15, 0.2) is 5.76 Å². The van der Waals surface area contributed by atoms with Crippen molar-refractivity contribution in [2.75, 3.05) is 5.75 Å². The number of hydrogen-bond donors (Lipinski definition) is 0. The Balaban J connectivity index is 1.49. The van der Waals surface area contributed by atoms with E-state index in [0.717, 1.165) is 27.7 Å². The van der Waals surface area contributed by atoms with Gasteiger partial charge in [-0.05, 0) is 67.1 Å². The minimum atomic E-state index is 0.301. The minimum absolute atomic E-state index is 0.301. The molecule has 0 bridgehead atoms. The molecule has 9 heteroatoms. The van der Waals surface area contributed by atoms with Gasteiger partial charge in [-0.2, -0.15) is 9.78 Å². The van der Waals surface area contributed by atoms with Crippen LogP contribution in [0.3, 0.4) is 0 Å². The van der Waals surface area contributed by atoms with Gasteiger partial charge < -0.3 is 13.6 Å². The predicted octanol–water partition coefficient (Wildman–Crippen LogP) is 5.97. The molecule has 3 heterocycles. The average Bonchev–Trinajstić information content (AvgIpc) is 3.50. The van der Waals surface area contributed by atoms with Crippen molar-refractivity contribution in [1.82, 2.24) is 14.9 Å². The third-order valence-corrected chi connectivity index (χ3v) is 5.80. The fourth-order valence-corrected chi connectivity index (χ4v) is 3.67. The van der Waals surface area contributed by atoms with Crippen LogP contribution in [0, 0.1) is 13.8 Å². The summed E-state index contributed by atoms with van der Waals surface area (Å²) in [5.41, 5.74) is 1.96. The molecule has 0 atom stereocenters. The van der Waals surface area contributed by atoms with Crippen molar-refractivity contribution in [1.29, 1.82) is 0 Å². The van der Waals surface area contributed by atoms with Crippen molar-refractivity contribution in [2.45, 2.75) is 32.5 Å². The van der Waals surface area contributed by atoms with E-state index in [0.29, 0.717) is 34.9 Å². The van der Waals surface area contributed by atoms with E-state index < -0.39 is 0 Å². The first kappa shape index (κ1) is 21.3. The lowest BCUT2D eigenvalue weighted by molar-refractivity contribution is 0.269. The molecular weight excluding hydrogens is 436 g/mol. The number of furan rings is 2. The molecule has 31 heavy (non-hydrogen) atoms. The molecule has 160 valence electrons. The van der Waals surface area contributed by atoms with Crippen LogP contribution in [0.25, 0.3) is 11.6 Å².